The second-order valence-electron chi connectivity index (χ2n) is 6.91. The molecular formula is C23H21N3O2. The molecule has 3 aromatic carbocycles. The summed E-state index contributed by atoms with van der Waals surface area (Å²) in [4.78, 5) is 26.4. The molecule has 1 atom stereocenters. The molecule has 2 amide bonds. The van der Waals surface area contributed by atoms with Crippen molar-refractivity contribution in [2.45, 2.75) is 20.0 Å². The fourth-order valence-electron chi connectivity index (χ4n) is 3.41. The fraction of sp³-hybridized carbons (Fsp3) is 0.130. The van der Waals surface area contributed by atoms with Gasteiger partial charge in [-0.1, -0.05) is 42.0 Å². The van der Waals surface area contributed by atoms with E-state index in [0.29, 0.717) is 11.3 Å². The lowest BCUT2D eigenvalue weighted by atomic mass is 10.0. The quantitative estimate of drug-likeness (QED) is 0.700. The van der Waals surface area contributed by atoms with Crippen LogP contribution in [0.4, 0.5) is 17.1 Å². The first-order valence-corrected chi connectivity index (χ1v) is 9.16. The van der Waals surface area contributed by atoms with Crippen LogP contribution in [0.1, 0.15) is 34.6 Å². The Morgan fingerprint density at radius 3 is 2.32 bits per heavy atom. The fourth-order valence-corrected chi connectivity index (χ4v) is 3.41. The summed E-state index contributed by atoms with van der Waals surface area (Å²) < 4.78 is 0. The molecule has 4 rings (SSSR count). The summed E-state index contributed by atoms with van der Waals surface area (Å²) in [6.07, 6.45) is -0.324. The molecule has 0 bridgehead atoms. The summed E-state index contributed by atoms with van der Waals surface area (Å²) in [6.45, 7) is 3.51. The molecule has 3 aromatic rings. The molecule has 1 aliphatic rings. The van der Waals surface area contributed by atoms with Gasteiger partial charge in [-0.2, -0.15) is 0 Å². The smallest absolute Gasteiger partial charge is 0.262 e. The lowest BCUT2D eigenvalue weighted by Crippen LogP contribution is -2.43. The molecular weight excluding hydrogens is 350 g/mol. The van der Waals surface area contributed by atoms with Crippen LogP contribution >= 0.6 is 0 Å². The number of carbonyl (C=O) groups is 2. The number of aryl methyl sites for hydroxylation is 1. The highest BCUT2D eigenvalue weighted by atomic mass is 16.2. The topological polar surface area (TPSA) is 61.4 Å². The van der Waals surface area contributed by atoms with Crippen molar-refractivity contribution in [2.75, 3.05) is 15.5 Å². The third-order valence-corrected chi connectivity index (χ3v) is 4.79. The molecule has 0 spiro atoms. The molecule has 0 radical (unpaired) electrons. The van der Waals surface area contributed by atoms with Crippen LogP contribution in [-0.2, 0) is 4.79 Å². The van der Waals surface area contributed by atoms with Crippen LogP contribution in [0.5, 0.6) is 0 Å². The van der Waals surface area contributed by atoms with Crippen LogP contribution in [0.3, 0.4) is 0 Å². The van der Waals surface area contributed by atoms with Crippen LogP contribution in [0.25, 0.3) is 0 Å². The number of benzene rings is 3. The number of para-hydroxylation sites is 1. The van der Waals surface area contributed by atoms with E-state index in [1.165, 1.54) is 6.92 Å². The first kappa shape index (κ1) is 17.8. The predicted molar refractivity (Wildman–Crippen MR) is 112 cm³/mol. The van der Waals surface area contributed by atoms with Gasteiger partial charge >= 0.3 is 0 Å². The number of carbonyl (C=O) groups excluding carboxylic acids is 2. The molecule has 0 saturated heterocycles. The van der Waals surface area contributed by atoms with E-state index in [9.17, 15) is 9.59 Å². The van der Waals surface area contributed by atoms with Crippen LogP contribution in [0, 0.1) is 6.92 Å². The van der Waals surface area contributed by atoms with Crippen molar-refractivity contribution in [1.82, 2.24) is 0 Å². The molecule has 0 unspecified atom stereocenters. The van der Waals surface area contributed by atoms with Crippen molar-refractivity contribution >= 4 is 28.9 Å². The van der Waals surface area contributed by atoms with Gasteiger partial charge in [-0.25, -0.2) is 0 Å². The van der Waals surface area contributed by atoms with E-state index < -0.39 is 0 Å². The Morgan fingerprint density at radius 2 is 1.64 bits per heavy atom. The summed E-state index contributed by atoms with van der Waals surface area (Å²) in [6, 6.07) is 23.0. The number of rotatable bonds is 3. The Morgan fingerprint density at radius 1 is 0.964 bits per heavy atom. The van der Waals surface area contributed by atoms with E-state index in [0.717, 1.165) is 22.5 Å². The molecule has 0 aliphatic carbocycles. The van der Waals surface area contributed by atoms with E-state index in [1.54, 1.807) is 17.0 Å². The molecule has 28 heavy (non-hydrogen) atoms. The van der Waals surface area contributed by atoms with E-state index in [1.807, 2.05) is 67.6 Å². The largest absolute Gasteiger partial charge is 0.360 e. The number of fused-ring (bicyclic) bond motifs is 1. The summed E-state index contributed by atoms with van der Waals surface area (Å²) in [5, 5.41) is 6.25. The zero-order valence-corrected chi connectivity index (χ0v) is 15.8. The molecule has 5 heteroatoms. The van der Waals surface area contributed by atoms with Gasteiger partial charge in [0, 0.05) is 24.0 Å². The SMILES string of the molecule is CC(=O)Nc1ccc(N2C(=O)c3ccccc3N[C@H]2c2ccc(C)cc2)cc1. The number of amides is 2. The van der Waals surface area contributed by atoms with Gasteiger partial charge in [-0.15, -0.1) is 0 Å². The van der Waals surface area contributed by atoms with Gasteiger partial charge in [0.2, 0.25) is 5.91 Å². The maximum Gasteiger partial charge on any atom is 0.262 e. The van der Waals surface area contributed by atoms with Crippen molar-refractivity contribution in [2.24, 2.45) is 0 Å². The summed E-state index contributed by atoms with van der Waals surface area (Å²) in [5.74, 6) is -0.192. The maximum absolute atomic E-state index is 13.3. The van der Waals surface area contributed by atoms with Gasteiger partial charge in [0.15, 0.2) is 0 Å². The number of nitrogens with one attached hydrogen (secondary N) is 2. The Labute approximate surface area is 164 Å². The summed E-state index contributed by atoms with van der Waals surface area (Å²) in [5.41, 5.74) is 5.07. The molecule has 1 aliphatic heterocycles. The van der Waals surface area contributed by atoms with E-state index in [2.05, 4.69) is 10.6 Å². The van der Waals surface area contributed by atoms with Gasteiger partial charge in [0.05, 0.1) is 5.56 Å². The highest BCUT2D eigenvalue weighted by Crippen LogP contribution is 2.37. The first-order valence-electron chi connectivity index (χ1n) is 9.16. The molecule has 0 fully saturated rings. The normalized spacial score (nSPS) is 15.6. The van der Waals surface area contributed by atoms with E-state index in [4.69, 9.17) is 0 Å². The van der Waals surface area contributed by atoms with Crippen molar-refractivity contribution in [3.8, 4) is 0 Å². The number of anilines is 3. The van der Waals surface area contributed by atoms with E-state index >= 15 is 0 Å². The van der Waals surface area contributed by atoms with Crippen LogP contribution in [0.2, 0.25) is 0 Å². The van der Waals surface area contributed by atoms with Crippen molar-refractivity contribution < 1.29 is 9.59 Å². The third-order valence-electron chi connectivity index (χ3n) is 4.79. The first-order chi connectivity index (χ1) is 13.5. The van der Waals surface area contributed by atoms with Gasteiger partial charge in [0.1, 0.15) is 6.17 Å². The average Bonchev–Trinajstić information content (AvgIpc) is 2.69. The number of hydrogen-bond donors (Lipinski definition) is 2. The Hall–Kier alpha value is -3.60. The molecule has 140 valence electrons. The number of nitrogens with zero attached hydrogens (tertiary/aromatic N) is 1. The summed E-state index contributed by atoms with van der Waals surface area (Å²) in [7, 11) is 0. The van der Waals surface area contributed by atoms with Gasteiger partial charge in [0.25, 0.3) is 5.91 Å². The van der Waals surface area contributed by atoms with Gasteiger partial charge < -0.3 is 10.6 Å². The Kier molecular flexibility index (Phi) is 4.57. The zero-order valence-electron chi connectivity index (χ0n) is 15.8. The highest BCUT2D eigenvalue weighted by Gasteiger charge is 2.33. The molecule has 5 nitrogen and oxygen atoms in total. The molecule has 2 N–H and O–H groups in total. The van der Waals surface area contributed by atoms with Crippen LogP contribution in [0.15, 0.2) is 72.8 Å². The van der Waals surface area contributed by atoms with E-state index in [-0.39, 0.29) is 18.0 Å². The highest BCUT2D eigenvalue weighted by molar-refractivity contribution is 6.12. The average molecular weight is 371 g/mol. The molecule has 1 heterocycles. The molecule has 0 saturated carbocycles. The third kappa shape index (κ3) is 3.34. The second-order valence-corrected chi connectivity index (χ2v) is 6.91. The zero-order chi connectivity index (χ0) is 19.7. The minimum atomic E-state index is -0.324. The Bertz CT molecular complexity index is 1030. The Balaban J connectivity index is 1.77. The minimum Gasteiger partial charge on any atom is -0.360 e. The minimum absolute atomic E-state index is 0.0628. The molecule has 0 aromatic heterocycles. The monoisotopic (exact) mass is 371 g/mol. The van der Waals surface area contributed by atoms with Gasteiger partial charge in [-0.05, 0) is 48.9 Å². The maximum atomic E-state index is 13.3. The number of hydrogen-bond acceptors (Lipinski definition) is 3. The lowest BCUT2D eigenvalue weighted by molar-refractivity contribution is -0.114. The lowest BCUT2D eigenvalue weighted by Gasteiger charge is -2.38. The predicted octanol–water partition coefficient (Wildman–Crippen LogP) is 4.72. The van der Waals surface area contributed by atoms with Crippen molar-refractivity contribution in [1.29, 1.82) is 0 Å². The second kappa shape index (κ2) is 7.19. The van der Waals surface area contributed by atoms with Crippen molar-refractivity contribution in [3.05, 3.63) is 89.5 Å². The van der Waals surface area contributed by atoms with Crippen LogP contribution in [-0.4, -0.2) is 11.8 Å². The van der Waals surface area contributed by atoms with Gasteiger partial charge in [-0.3, -0.25) is 14.5 Å². The summed E-state index contributed by atoms with van der Waals surface area (Å²) >= 11 is 0. The van der Waals surface area contributed by atoms with Crippen LogP contribution < -0.4 is 15.5 Å². The van der Waals surface area contributed by atoms with Crippen molar-refractivity contribution in [3.63, 3.8) is 0 Å². The standard InChI is InChI=1S/C23H21N3O2/c1-15-7-9-17(10-8-15)22-25-21-6-4-3-5-20(21)23(28)26(22)19-13-11-18(12-14-19)24-16(2)27/h3-14,22,25H,1-2H3,(H,24,27)/t22-/m1/s1.